The van der Waals surface area contributed by atoms with Gasteiger partial charge in [0.05, 0.1) is 6.10 Å². The van der Waals surface area contributed by atoms with Crippen molar-refractivity contribution in [3.63, 3.8) is 0 Å². The highest BCUT2D eigenvalue weighted by Gasteiger charge is 2.34. The predicted molar refractivity (Wildman–Crippen MR) is 83.0 cm³/mol. The summed E-state index contributed by atoms with van der Waals surface area (Å²) in [5, 5.41) is 3.91. The molecule has 2 aliphatic rings. The fraction of sp³-hybridized carbons (Fsp3) is 0.667. The molecule has 0 bridgehead atoms. The van der Waals surface area contributed by atoms with Crippen LogP contribution in [0.5, 0.6) is 0 Å². The van der Waals surface area contributed by atoms with E-state index in [1.54, 1.807) is 0 Å². The lowest BCUT2D eigenvalue weighted by Gasteiger charge is -2.41. The van der Waals surface area contributed by atoms with Crippen LogP contribution in [-0.4, -0.2) is 24.8 Å². The van der Waals surface area contributed by atoms with E-state index in [0.717, 1.165) is 6.61 Å². The zero-order valence-electron chi connectivity index (χ0n) is 12.6. The highest BCUT2D eigenvalue weighted by molar-refractivity contribution is 5.22. The third-order valence-electron chi connectivity index (χ3n) is 4.94. The Hall–Kier alpha value is -0.860. The standard InChI is InChI=1S/C18H27NO/c1-2-20-16-12-15(13-16)19-18-11-7-6-10-17(18)14-8-4-3-5-9-14/h3-5,8-9,15-19H,2,6-7,10-13H2,1H3. The summed E-state index contributed by atoms with van der Waals surface area (Å²) in [7, 11) is 0. The van der Waals surface area contributed by atoms with E-state index in [4.69, 9.17) is 4.74 Å². The van der Waals surface area contributed by atoms with Gasteiger partial charge in [0.1, 0.15) is 0 Å². The van der Waals surface area contributed by atoms with Crippen molar-refractivity contribution in [1.29, 1.82) is 0 Å². The van der Waals surface area contributed by atoms with E-state index >= 15 is 0 Å². The Morgan fingerprint density at radius 1 is 1.10 bits per heavy atom. The van der Waals surface area contributed by atoms with Gasteiger partial charge in [-0.15, -0.1) is 0 Å². The molecule has 3 rings (SSSR count). The first-order valence-corrected chi connectivity index (χ1v) is 8.29. The molecule has 2 fully saturated rings. The van der Waals surface area contributed by atoms with Crippen LogP contribution in [0.1, 0.15) is 56.9 Å². The maximum absolute atomic E-state index is 5.67. The molecule has 2 saturated carbocycles. The first kappa shape index (κ1) is 14.1. The second kappa shape index (κ2) is 6.73. The summed E-state index contributed by atoms with van der Waals surface area (Å²) in [6.07, 6.45) is 8.33. The number of benzene rings is 1. The number of rotatable bonds is 5. The van der Waals surface area contributed by atoms with Crippen LogP contribution in [0.3, 0.4) is 0 Å². The lowest BCUT2D eigenvalue weighted by molar-refractivity contribution is -0.0141. The number of nitrogens with one attached hydrogen (secondary N) is 1. The van der Waals surface area contributed by atoms with Crippen molar-refractivity contribution >= 4 is 0 Å². The Labute approximate surface area is 122 Å². The molecule has 0 saturated heterocycles. The normalized spacial score (nSPS) is 33.6. The zero-order chi connectivity index (χ0) is 13.8. The van der Waals surface area contributed by atoms with Crippen molar-refractivity contribution in [3.8, 4) is 0 Å². The summed E-state index contributed by atoms with van der Waals surface area (Å²) in [6.45, 7) is 2.95. The van der Waals surface area contributed by atoms with Crippen LogP contribution < -0.4 is 5.32 Å². The van der Waals surface area contributed by atoms with Crippen molar-refractivity contribution in [3.05, 3.63) is 35.9 Å². The van der Waals surface area contributed by atoms with Gasteiger partial charge < -0.3 is 10.1 Å². The lowest BCUT2D eigenvalue weighted by atomic mass is 9.78. The molecule has 1 aromatic rings. The summed E-state index contributed by atoms with van der Waals surface area (Å²) >= 11 is 0. The third-order valence-corrected chi connectivity index (χ3v) is 4.94. The molecule has 2 aliphatic carbocycles. The van der Waals surface area contributed by atoms with Gasteiger partial charge in [0, 0.05) is 18.7 Å². The van der Waals surface area contributed by atoms with Gasteiger partial charge in [0.15, 0.2) is 0 Å². The maximum Gasteiger partial charge on any atom is 0.0604 e. The third kappa shape index (κ3) is 3.24. The van der Waals surface area contributed by atoms with Gasteiger partial charge in [-0.3, -0.25) is 0 Å². The molecule has 0 aliphatic heterocycles. The minimum atomic E-state index is 0.510. The van der Waals surface area contributed by atoms with Crippen LogP contribution in [0.15, 0.2) is 30.3 Å². The summed E-state index contributed by atoms with van der Waals surface area (Å²) in [5.74, 6) is 0.705. The predicted octanol–water partition coefficient (Wildman–Crippen LogP) is 3.87. The second-order valence-electron chi connectivity index (χ2n) is 6.32. The Bertz CT molecular complexity index is 399. The number of hydrogen-bond acceptors (Lipinski definition) is 2. The fourth-order valence-corrected chi connectivity index (χ4v) is 3.81. The summed E-state index contributed by atoms with van der Waals surface area (Å²) in [6, 6.07) is 12.4. The molecule has 0 aromatic heterocycles. The molecule has 0 heterocycles. The Morgan fingerprint density at radius 2 is 1.85 bits per heavy atom. The van der Waals surface area contributed by atoms with Crippen molar-refractivity contribution < 1.29 is 4.74 Å². The first-order chi connectivity index (χ1) is 9.86. The van der Waals surface area contributed by atoms with Gasteiger partial charge in [-0.2, -0.15) is 0 Å². The molecule has 20 heavy (non-hydrogen) atoms. The molecule has 2 unspecified atom stereocenters. The van der Waals surface area contributed by atoms with Gasteiger partial charge in [-0.25, -0.2) is 0 Å². The van der Waals surface area contributed by atoms with E-state index in [9.17, 15) is 0 Å². The largest absolute Gasteiger partial charge is 0.378 e. The highest BCUT2D eigenvalue weighted by Crippen LogP contribution is 2.35. The van der Waals surface area contributed by atoms with E-state index in [2.05, 4.69) is 42.6 Å². The van der Waals surface area contributed by atoms with Crippen molar-refractivity contribution in [2.24, 2.45) is 0 Å². The average molecular weight is 273 g/mol. The number of ether oxygens (including phenoxy) is 1. The second-order valence-corrected chi connectivity index (χ2v) is 6.32. The molecule has 1 aromatic carbocycles. The van der Waals surface area contributed by atoms with Gasteiger partial charge in [0.25, 0.3) is 0 Å². The van der Waals surface area contributed by atoms with Crippen molar-refractivity contribution in [2.75, 3.05) is 6.61 Å². The van der Waals surface area contributed by atoms with Crippen LogP contribution >= 0.6 is 0 Å². The smallest absolute Gasteiger partial charge is 0.0604 e. The highest BCUT2D eigenvalue weighted by atomic mass is 16.5. The molecule has 1 N–H and O–H groups in total. The van der Waals surface area contributed by atoms with E-state index in [1.165, 1.54) is 44.1 Å². The quantitative estimate of drug-likeness (QED) is 0.879. The van der Waals surface area contributed by atoms with E-state index in [1.807, 2.05) is 0 Å². The topological polar surface area (TPSA) is 21.3 Å². The minimum absolute atomic E-state index is 0.510. The lowest BCUT2D eigenvalue weighted by Crippen LogP contribution is -2.51. The summed E-state index contributed by atoms with van der Waals surface area (Å²) in [4.78, 5) is 0. The van der Waals surface area contributed by atoms with Gasteiger partial charge >= 0.3 is 0 Å². The summed E-state index contributed by atoms with van der Waals surface area (Å²) in [5.41, 5.74) is 1.52. The molecule has 110 valence electrons. The van der Waals surface area contributed by atoms with Crippen LogP contribution in [0.4, 0.5) is 0 Å². The van der Waals surface area contributed by atoms with E-state index < -0.39 is 0 Å². The monoisotopic (exact) mass is 273 g/mol. The van der Waals surface area contributed by atoms with Gasteiger partial charge in [0.2, 0.25) is 0 Å². The van der Waals surface area contributed by atoms with Crippen molar-refractivity contribution in [2.45, 2.75) is 69.6 Å². The van der Waals surface area contributed by atoms with E-state index in [0.29, 0.717) is 24.1 Å². The Morgan fingerprint density at radius 3 is 2.60 bits per heavy atom. The molecular formula is C18H27NO. The van der Waals surface area contributed by atoms with Gasteiger partial charge in [-0.05, 0) is 44.1 Å². The number of hydrogen-bond donors (Lipinski definition) is 1. The Kier molecular flexibility index (Phi) is 4.74. The molecule has 0 spiro atoms. The molecule has 2 nitrogen and oxygen atoms in total. The van der Waals surface area contributed by atoms with Crippen LogP contribution in [0, 0.1) is 0 Å². The zero-order valence-corrected chi connectivity index (χ0v) is 12.6. The minimum Gasteiger partial charge on any atom is -0.378 e. The Balaban J connectivity index is 1.57. The molecule has 0 amide bonds. The SMILES string of the molecule is CCOC1CC(NC2CCCCC2c2ccccc2)C1. The fourth-order valence-electron chi connectivity index (χ4n) is 3.81. The molecule has 2 heteroatoms. The summed E-state index contributed by atoms with van der Waals surface area (Å²) < 4.78 is 5.67. The molecule has 0 radical (unpaired) electrons. The van der Waals surface area contributed by atoms with Crippen LogP contribution in [0.25, 0.3) is 0 Å². The molecular weight excluding hydrogens is 246 g/mol. The first-order valence-electron chi connectivity index (χ1n) is 8.29. The van der Waals surface area contributed by atoms with Crippen LogP contribution in [0.2, 0.25) is 0 Å². The van der Waals surface area contributed by atoms with E-state index in [-0.39, 0.29) is 0 Å². The van der Waals surface area contributed by atoms with Crippen LogP contribution in [-0.2, 0) is 4.74 Å². The van der Waals surface area contributed by atoms with Gasteiger partial charge in [-0.1, -0.05) is 43.2 Å². The average Bonchev–Trinajstić information content (AvgIpc) is 2.46. The maximum atomic E-state index is 5.67. The molecule has 2 atom stereocenters. The van der Waals surface area contributed by atoms with Crippen molar-refractivity contribution in [1.82, 2.24) is 5.32 Å².